The predicted molar refractivity (Wildman–Crippen MR) is 78.6 cm³/mol. The Kier molecular flexibility index (Phi) is 6.05. The molecule has 0 saturated carbocycles. The lowest BCUT2D eigenvalue weighted by Gasteiger charge is -2.35. The molecule has 1 aromatic rings. The molecule has 3 nitrogen and oxygen atoms in total. The lowest BCUT2D eigenvalue weighted by Crippen LogP contribution is -2.45. The quantitative estimate of drug-likeness (QED) is 0.784. The normalized spacial score (nSPS) is 18.2. The summed E-state index contributed by atoms with van der Waals surface area (Å²) in [5, 5.41) is 3.17. The van der Waals surface area contributed by atoms with Gasteiger partial charge in [0.1, 0.15) is 5.75 Å². The van der Waals surface area contributed by atoms with Crippen LogP contribution in [0.1, 0.15) is 18.0 Å². The van der Waals surface area contributed by atoms with E-state index in [-0.39, 0.29) is 12.2 Å². The van der Waals surface area contributed by atoms with E-state index in [9.17, 15) is 17.6 Å². The number of nitrogens with zero attached hydrogens (tertiary/aromatic N) is 1. The van der Waals surface area contributed by atoms with Crippen molar-refractivity contribution in [1.29, 1.82) is 0 Å². The van der Waals surface area contributed by atoms with Crippen LogP contribution >= 0.6 is 15.9 Å². The van der Waals surface area contributed by atoms with E-state index in [1.54, 1.807) is 6.07 Å². The van der Waals surface area contributed by atoms with Gasteiger partial charge in [0.2, 0.25) is 0 Å². The average Bonchev–Trinajstić information content (AvgIpc) is 2.46. The monoisotopic (exact) mass is 384 g/mol. The van der Waals surface area contributed by atoms with E-state index in [0.717, 1.165) is 13.1 Å². The molecule has 0 aromatic heterocycles. The molecule has 1 saturated heterocycles. The number of halogens is 5. The Morgan fingerprint density at radius 1 is 1.27 bits per heavy atom. The van der Waals surface area contributed by atoms with E-state index in [4.69, 9.17) is 0 Å². The van der Waals surface area contributed by atoms with Crippen molar-refractivity contribution in [3.8, 4) is 5.75 Å². The van der Waals surface area contributed by atoms with Crippen molar-refractivity contribution in [2.75, 3.05) is 32.9 Å². The van der Waals surface area contributed by atoms with E-state index < -0.39 is 19.1 Å². The molecule has 0 unspecified atom stereocenters. The van der Waals surface area contributed by atoms with Crippen molar-refractivity contribution >= 4 is 15.9 Å². The molecule has 1 aliphatic heterocycles. The van der Waals surface area contributed by atoms with Crippen molar-refractivity contribution in [3.05, 3.63) is 28.2 Å². The van der Waals surface area contributed by atoms with Gasteiger partial charge in [-0.05, 0) is 24.6 Å². The lowest BCUT2D eigenvalue weighted by atomic mass is 10.0. The van der Waals surface area contributed by atoms with Gasteiger partial charge in [-0.15, -0.1) is 13.2 Å². The highest BCUT2D eigenvalue weighted by Crippen LogP contribution is 2.37. The van der Waals surface area contributed by atoms with Crippen molar-refractivity contribution in [3.63, 3.8) is 0 Å². The number of hydrogen-bond acceptors (Lipinski definition) is 3. The van der Waals surface area contributed by atoms with Crippen LogP contribution in [0.3, 0.4) is 0 Å². The molecule has 1 aliphatic rings. The van der Waals surface area contributed by atoms with Gasteiger partial charge in [-0.25, -0.2) is 0 Å². The van der Waals surface area contributed by atoms with Gasteiger partial charge in [0.25, 0.3) is 0 Å². The first-order valence-corrected chi connectivity index (χ1v) is 7.76. The molecular weight excluding hydrogens is 368 g/mol. The number of benzene rings is 1. The fourth-order valence-corrected chi connectivity index (χ4v) is 3.01. The zero-order valence-corrected chi connectivity index (χ0v) is 13.4. The van der Waals surface area contributed by atoms with E-state index in [2.05, 4.69) is 26.0 Å². The Labute approximate surface area is 134 Å². The van der Waals surface area contributed by atoms with Gasteiger partial charge >= 0.3 is 6.36 Å². The van der Waals surface area contributed by atoms with E-state index in [0.29, 0.717) is 23.1 Å². The van der Waals surface area contributed by atoms with Gasteiger partial charge < -0.3 is 10.1 Å². The van der Waals surface area contributed by atoms with Gasteiger partial charge in [0.05, 0.1) is 6.67 Å². The molecule has 0 amide bonds. The van der Waals surface area contributed by atoms with Crippen LogP contribution in [0, 0.1) is 0 Å². The lowest BCUT2D eigenvalue weighted by molar-refractivity contribution is -0.275. The molecule has 0 radical (unpaired) electrons. The first-order chi connectivity index (χ1) is 10.4. The Hall–Kier alpha value is -0.860. The van der Waals surface area contributed by atoms with Crippen LogP contribution in [0.25, 0.3) is 0 Å². The van der Waals surface area contributed by atoms with Crippen LogP contribution in [0.2, 0.25) is 0 Å². The third-order valence-corrected chi connectivity index (χ3v) is 4.02. The molecule has 1 aromatic carbocycles. The fraction of sp³-hybridized carbons (Fsp3) is 0.571. The second kappa shape index (κ2) is 7.61. The van der Waals surface area contributed by atoms with Crippen molar-refractivity contribution in [2.45, 2.75) is 18.8 Å². The minimum atomic E-state index is -4.77. The summed E-state index contributed by atoms with van der Waals surface area (Å²) in [7, 11) is 0. The maximum atomic E-state index is 12.9. The molecule has 2 rings (SSSR count). The average molecular weight is 385 g/mol. The summed E-state index contributed by atoms with van der Waals surface area (Å²) in [5.74, 6) is -0.271. The molecule has 1 heterocycles. The molecular formula is C14H17BrF4N2O. The number of nitrogens with one attached hydrogen (secondary N) is 1. The Morgan fingerprint density at radius 3 is 2.55 bits per heavy atom. The standard InChI is InChI=1S/C14H17BrF4N2O/c15-10-1-2-13(22-14(17,18)19)11(9-10)12(3-4-16)21-7-5-20-6-8-21/h1-2,9,12,20H,3-8H2/t12-/m1/s1. The first kappa shape index (κ1) is 17.5. The number of rotatable bonds is 5. The molecule has 1 fully saturated rings. The number of hydrogen-bond donors (Lipinski definition) is 1. The zero-order valence-electron chi connectivity index (χ0n) is 11.8. The summed E-state index contributed by atoms with van der Waals surface area (Å²) in [6.07, 6.45) is -4.64. The maximum absolute atomic E-state index is 12.9. The molecule has 0 spiro atoms. The van der Waals surface area contributed by atoms with Crippen LogP contribution in [-0.4, -0.2) is 44.1 Å². The summed E-state index contributed by atoms with van der Waals surface area (Å²) >= 11 is 3.26. The molecule has 0 bridgehead atoms. The van der Waals surface area contributed by atoms with Gasteiger partial charge in [-0.3, -0.25) is 9.29 Å². The van der Waals surface area contributed by atoms with Gasteiger partial charge in [0, 0.05) is 42.3 Å². The first-order valence-electron chi connectivity index (χ1n) is 6.96. The topological polar surface area (TPSA) is 24.5 Å². The van der Waals surface area contributed by atoms with Gasteiger partial charge in [-0.2, -0.15) is 0 Å². The second-order valence-electron chi connectivity index (χ2n) is 5.01. The Bertz CT molecular complexity index is 492. The van der Waals surface area contributed by atoms with Crippen LogP contribution in [0.4, 0.5) is 17.6 Å². The fourth-order valence-electron chi connectivity index (χ4n) is 2.63. The van der Waals surface area contributed by atoms with E-state index >= 15 is 0 Å². The van der Waals surface area contributed by atoms with Crippen molar-refractivity contribution in [1.82, 2.24) is 10.2 Å². The highest BCUT2D eigenvalue weighted by Gasteiger charge is 2.34. The Morgan fingerprint density at radius 2 is 1.95 bits per heavy atom. The Balaban J connectivity index is 2.33. The SMILES string of the molecule is FCC[C@H](c1cc(Br)ccc1OC(F)(F)F)N1CCNCC1. The van der Waals surface area contributed by atoms with Crippen molar-refractivity contribution in [2.24, 2.45) is 0 Å². The van der Waals surface area contributed by atoms with Crippen molar-refractivity contribution < 1.29 is 22.3 Å². The zero-order chi connectivity index (χ0) is 16.2. The third kappa shape index (κ3) is 4.82. The smallest absolute Gasteiger partial charge is 0.405 e. The third-order valence-electron chi connectivity index (χ3n) is 3.53. The predicted octanol–water partition coefficient (Wildman–Crippen LogP) is 3.65. The summed E-state index contributed by atoms with van der Waals surface area (Å²) in [6, 6.07) is 3.88. The second-order valence-corrected chi connectivity index (χ2v) is 5.93. The van der Waals surface area contributed by atoms with Gasteiger partial charge in [0.15, 0.2) is 0 Å². The minimum Gasteiger partial charge on any atom is -0.405 e. The summed E-state index contributed by atoms with van der Waals surface area (Å²) < 4.78 is 55.4. The molecule has 8 heteroatoms. The van der Waals surface area contributed by atoms with Crippen LogP contribution < -0.4 is 10.1 Å². The summed E-state index contributed by atoms with van der Waals surface area (Å²) in [5.41, 5.74) is 0.353. The largest absolute Gasteiger partial charge is 0.573 e. The number of ether oxygens (including phenoxy) is 1. The van der Waals surface area contributed by atoms with E-state index in [1.165, 1.54) is 12.1 Å². The van der Waals surface area contributed by atoms with Crippen LogP contribution in [0.5, 0.6) is 5.75 Å². The molecule has 22 heavy (non-hydrogen) atoms. The highest BCUT2D eigenvalue weighted by atomic mass is 79.9. The maximum Gasteiger partial charge on any atom is 0.573 e. The molecule has 1 atom stereocenters. The molecule has 0 aliphatic carbocycles. The molecule has 1 N–H and O–H groups in total. The summed E-state index contributed by atoms with van der Waals surface area (Å²) in [4.78, 5) is 1.99. The summed E-state index contributed by atoms with van der Waals surface area (Å²) in [6.45, 7) is 2.16. The van der Waals surface area contributed by atoms with Gasteiger partial charge in [-0.1, -0.05) is 15.9 Å². The van der Waals surface area contributed by atoms with Crippen LogP contribution in [0.15, 0.2) is 22.7 Å². The van der Waals surface area contributed by atoms with E-state index in [1.807, 2.05) is 4.90 Å². The number of alkyl halides is 4. The van der Waals surface area contributed by atoms with Crippen LogP contribution in [-0.2, 0) is 0 Å². The molecule has 124 valence electrons. The highest BCUT2D eigenvalue weighted by molar-refractivity contribution is 9.10. The number of piperazine rings is 1. The minimum absolute atomic E-state index is 0.130.